The summed E-state index contributed by atoms with van der Waals surface area (Å²) in [6.07, 6.45) is 12.3. The van der Waals surface area contributed by atoms with Crippen molar-refractivity contribution in [2.24, 2.45) is 4.99 Å². The van der Waals surface area contributed by atoms with E-state index in [1.807, 2.05) is 12.1 Å². The maximum absolute atomic E-state index is 6.26. The van der Waals surface area contributed by atoms with Crippen molar-refractivity contribution in [1.82, 2.24) is 10.6 Å². The van der Waals surface area contributed by atoms with Crippen LogP contribution in [-0.2, 0) is 11.2 Å². The predicted octanol–water partition coefficient (Wildman–Crippen LogP) is 3.74. The number of nitrogens with zero attached hydrogens (tertiary/aromatic N) is 1. The summed E-state index contributed by atoms with van der Waals surface area (Å²) in [5, 5.41) is 7.45. The maximum Gasteiger partial charge on any atom is 0.191 e. The van der Waals surface area contributed by atoms with Crippen LogP contribution in [0.25, 0.3) is 0 Å². The van der Waals surface area contributed by atoms with Crippen molar-refractivity contribution in [2.45, 2.75) is 75.5 Å². The summed E-state index contributed by atoms with van der Waals surface area (Å²) in [7, 11) is 0. The lowest BCUT2D eigenvalue weighted by molar-refractivity contribution is -0.0912. The molecular formula is C21H33N3O2S. The summed E-state index contributed by atoms with van der Waals surface area (Å²) in [5.74, 6) is 4.46. The second-order valence-corrected chi connectivity index (χ2v) is 9.39. The van der Waals surface area contributed by atoms with Gasteiger partial charge in [-0.1, -0.05) is 12.8 Å². The molecule has 5 nitrogen and oxygen atoms in total. The molecular weight excluding hydrogens is 358 g/mol. The van der Waals surface area contributed by atoms with E-state index in [9.17, 15) is 0 Å². The molecule has 27 heavy (non-hydrogen) atoms. The van der Waals surface area contributed by atoms with Crippen LogP contribution < -0.4 is 10.6 Å². The summed E-state index contributed by atoms with van der Waals surface area (Å²) in [6, 6.07) is 4.99. The van der Waals surface area contributed by atoms with Crippen molar-refractivity contribution < 1.29 is 9.15 Å². The number of nitrogens with one attached hydrogen (secondary N) is 2. The minimum absolute atomic E-state index is 0.105. The molecule has 1 atom stereocenters. The highest BCUT2D eigenvalue weighted by Gasteiger charge is 2.39. The average molecular weight is 392 g/mol. The summed E-state index contributed by atoms with van der Waals surface area (Å²) in [4.78, 5) is 4.88. The second-order valence-electron chi connectivity index (χ2n) is 8.16. The van der Waals surface area contributed by atoms with E-state index in [4.69, 9.17) is 14.1 Å². The van der Waals surface area contributed by atoms with Crippen LogP contribution in [-0.4, -0.2) is 48.3 Å². The molecule has 0 aromatic carbocycles. The van der Waals surface area contributed by atoms with Crippen LogP contribution in [0.4, 0.5) is 0 Å². The summed E-state index contributed by atoms with van der Waals surface area (Å²) >= 11 is 2.06. The molecule has 0 radical (unpaired) electrons. The van der Waals surface area contributed by atoms with Gasteiger partial charge < -0.3 is 19.8 Å². The monoisotopic (exact) mass is 391 g/mol. The molecule has 1 spiro atoms. The Labute approximate surface area is 167 Å². The molecule has 6 heteroatoms. The van der Waals surface area contributed by atoms with Crippen LogP contribution in [0.15, 0.2) is 27.8 Å². The van der Waals surface area contributed by atoms with Crippen molar-refractivity contribution >= 4 is 17.7 Å². The molecule has 3 heterocycles. The minimum atomic E-state index is 0.105. The fourth-order valence-electron chi connectivity index (χ4n) is 4.57. The minimum Gasteiger partial charge on any atom is -0.469 e. The van der Waals surface area contributed by atoms with Gasteiger partial charge in [0.15, 0.2) is 5.96 Å². The average Bonchev–Trinajstić information content (AvgIpc) is 3.36. The van der Waals surface area contributed by atoms with Crippen LogP contribution in [0.5, 0.6) is 0 Å². The van der Waals surface area contributed by atoms with Crippen LogP contribution in [0, 0.1) is 0 Å². The normalized spacial score (nSPS) is 26.4. The Morgan fingerprint density at radius 1 is 1.15 bits per heavy atom. The molecule has 2 saturated heterocycles. The molecule has 3 fully saturated rings. The van der Waals surface area contributed by atoms with Crippen LogP contribution >= 0.6 is 11.8 Å². The molecule has 2 N–H and O–H groups in total. The molecule has 2 aliphatic heterocycles. The molecule has 1 aromatic rings. The van der Waals surface area contributed by atoms with Gasteiger partial charge in [0, 0.05) is 31.7 Å². The van der Waals surface area contributed by atoms with E-state index < -0.39 is 0 Å². The highest BCUT2D eigenvalue weighted by molar-refractivity contribution is 7.99. The zero-order chi connectivity index (χ0) is 18.4. The first-order valence-electron chi connectivity index (χ1n) is 10.6. The van der Waals surface area contributed by atoms with Crippen molar-refractivity contribution in [3.8, 4) is 0 Å². The number of hydrogen-bond acceptors (Lipinski definition) is 4. The molecule has 1 aromatic heterocycles. The Kier molecular flexibility index (Phi) is 6.66. The lowest BCUT2D eigenvalue weighted by Gasteiger charge is -2.43. The first-order chi connectivity index (χ1) is 13.3. The Bertz CT molecular complexity index is 587. The summed E-state index contributed by atoms with van der Waals surface area (Å²) in [6.45, 7) is 1.62. The van der Waals surface area contributed by atoms with Gasteiger partial charge in [-0.25, -0.2) is 0 Å². The zero-order valence-corrected chi connectivity index (χ0v) is 17.1. The molecule has 4 rings (SSSR count). The third kappa shape index (κ3) is 5.44. The van der Waals surface area contributed by atoms with Crippen molar-refractivity contribution in [3.05, 3.63) is 24.2 Å². The Hall–Kier alpha value is -1.14. The van der Waals surface area contributed by atoms with Crippen molar-refractivity contribution in [1.29, 1.82) is 0 Å². The zero-order valence-electron chi connectivity index (χ0n) is 16.3. The van der Waals surface area contributed by atoms with Gasteiger partial charge in [0.05, 0.1) is 11.9 Å². The highest BCUT2D eigenvalue weighted by Crippen LogP contribution is 2.37. The first kappa shape index (κ1) is 19.2. The number of ether oxygens (including phenoxy) is 1. The first-order valence-corrected chi connectivity index (χ1v) is 11.8. The van der Waals surface area contributed by atoms with E-state index in [0.29, 0.717) is 12.1 Å². The van der Waals surface area contributed by atoms with E-state index in [2.05, 4.69) is 22.4 Å². The van der Waals surface area contributed by atoms with Crippen LogP contribution in [0.3, 0.4) is 0 Å². The van der Waals surface area contributed by atoms with E-state index in [0.717, 1.165) is 44.1 Å². The molecule has 1 saturated carbocycles. The Balaban J connectivity index is 1.36. The SMILES string of the molecule is c1coc(CCN=C(NC2CCCC2)NC2CCOC3(CCSCC3)C2)c1. The molecule has 1 unspecified atom stereocenters. The maximum atomic E-state index is 6.26. The molecule has 0 bridgehead atoms. The van der Waals surface area contributed by atoms with E-state index in [1.165, 1.54) is 50.0 Å². The van der Waals surface area contributed by atoms with Crippen molar-refractivity contribution in [2.75, 3.05) is 24.7 Å². The summed E-state index contributed by atoms with van der Waals surface area (Å²) in [5.41, 5.74) is 0.105. The van der Waals surface area contributed by atoms with Gasteiger partial charge in [0.1, 0.15) is 5.76 Å². The smallest absolute Gasteiger partial charge is 0.191 e. The second kappa shape index (κ2) is 9.37. The molecule has 3 aliphatic rings. The van der Waals surface area contributed by atoms with Gasteiger partial charge in [-0.2, -0.15) is 11.8 Å². The van der Waals surface area contributed by atoms with Crippen LogP contribution in [0.1, 0.15) is 57.1 Å². The predicted molar refractivity (Wildman–Crippen MR) is 112 cm³/mol. The number of furan rings is 1. The van der Waals surface area contributed by atoms with Crippen molar-refractivity contribution in [3.63, 3.8) is 0 Å². The largest absolute Gasteiger partial charge is 0.469 e. The van der Waals surface area contributed by atoms with E-state index in [-0.39, 0.29) is 5.60 Å². The number of aliphatic imine (C=N–C) groups is 1. The van der Waals surface area contributed by atoms with Gasteiger partial charge in [0.25, 0.3) is 0 Å². The highest BCUT2D eigenvalue weighted by atomic mass is 32.2. The number of hydrogen-bond donors (Lipinski definition) is 2. The Morgan fingerprint density at radius 3 is 2.74 bits per heavy atom. The summed E-state index contributed by atoms with van der Waals surface area (Å²) < 4.78 is 11.7. The fraction of sp³-hybridized carbons (Fsp3) is 0.762. The van der Waals surface area contributed by atoms with Crippen LogP contribution in [0.2, 0.25) is 0 Å². The lowest BCUT2D eigenvalue weighted by Crippen LogP contribution is -2.53. The topological polar surface area (TPSA) is 58.8 Å². The van der Waals surface area contributed by atoms with Gasteiger partial charge in [-0.3, -0.25) is 4.99 Å². The van der Waals surface area contributed by atoms with Gasteiger partial charge in [-0.05, 0) is 62.2 Å². The number of thioether (sulfide) groups is 1. The standard InChI is InChI=1S/C21H33N3O2S/c1-2-5-17(4-1)23-20(22-11-7-19-6-3-12-25-19)24-18-8-13-26-21(16-18)9-14-27-15-10-21/h3,6,12,17-18H,1-2,4-5,7-11,13-16H2,(H2,22,23,24). The number of guanidine groups is 1. The van der Waals surface area contributed by atoms with E-state index >= 15 is 0 Å². The van der Waals surface area contributed by atoms with Gasteiger partial charge in [-0.15, -0.1) is 0 Å². The fourth-order valence-corrected chi connectivity index (χ4v) is 5.80. The third-order valence-corrected chi connectivity index (χ3v) is 7.13. The molecule has 1 aliphatic carbocycles. The Morgan fingerprint density at radius 2 is 1.96 bits per heavy atom. The van der Waals surface area contributed by atoms with E-state index in [1.54, 1.807) is 6.26 Å². The molecule has 150 valence electrons. The van der Waals surface area contributed by atoms with Gasteiger partial charge >= 0.3 is 0 Å². The lowest BCUT2D eigenvalue weighted by atomic mass is 9.85. The third-order valence-electron chi connectivity index (χ3n) is 6.14. The van der Waals surface area contributed by atoms with Gasteiger partial charge in [0.2, 0.25) is 0 Å². The quantitative estimate of drug-likeness (QED) is 0.591. The number of rotatable bonds is 5. The molecule has 0 amide bonds.